The van der Waals surface area contributed by atoms with E-state index < -0.39 is 0 Å². The molecule has 1 aromatic heterocycles. The molecule has 6 nitrogen and oxygen atoms in total. The van der Waals surface area contributed by atoms with E-state index >= 15 is 0 Å². The molecular formula is C15H19ClN4O2. The zero-order valence-electron chi connectivity index (χ0n) is 12.8. The molecule has 2 amide bonds. The first-order chi connectivity index (χ1) is 10.5. The number of carbonyl (C=O) groups is 2. The van der Waals surface area contributed by atoms with Gasteiger partial charge < -0.3 is 0 Å². The predicted molar refractivity (Wildman–Crippen MR) is 84.8 cm³/mol. The van der Waals surface area contributed by atoms with Gasteiger partial charge in [-0.15, -0.1) is 6.58 Å². The Morgan fingerprint density at radius 1 is 1.36 bits per heavy atom. The normalized spacial score (nSPS) is 14.9. The molecule has 0 N–H and O–H groups in total. The van der Waals surface area contributed by atoms with Gasteiger partial charge in [0.05, 0.1) is 5.69 Å². The number of aryl methyl sites for hydroxylation is 2. The Hall–Kier alpha value is -2.08. The number of rotatable bonds is 4. The smallest absolute Gasteiger partial charge is 0.265 e. The van der Waals surface area contributed by atoms with E-state index in [0.29, 0.717) is 23.8 Å². The highest BCUT2D eigenvalue weighted by Gasteiger charge is 2.28. The monoisotopic (exact) mass is 322 g/mol. The van der Waals surface area contributed by atoms with Crippen molar-refractivity contribution >= 4 is 29.5 Å². The third-order valence-corrected chi connectivity index (χ3v) is 3.93. The SMILES string of the molecule is C=CCC(=O)N1CCCN1C(=O)/C=C/c1c(C)nn(C)c1Cl. The second kappa shape index (κ2) is 6.79. The quantitative estimate of drug-likeness (QED) is 0.629. The van der Waals surface area contributed by atoms with E-state index in [-0.39, 0.29) is 18.2 Å². The van der Waals surface area contributed by atoms with Crippen LogP contribution >= 0.6 is 11.6 Å². The van der Waals surface area contributed by atoms with Crippen LogP contribution in [0.15, 0.2) is 18.7 Å². The average Bonchev–Trinajstić information content (AvgIpc) is 3.04. The van der Waals surface area contributed by atoms with E-state index in [4.69, 9.17) is 11.6 Å². The molecule has 118 valence electrons. The van der Waals surface area contributed by atoms with Gasteiger partial charge in [0, 0.05) is 38.2 Å². The largest absolute Gasteiger partial charge is 0.273 e. The third kappa shape index (κ3) is 3.22. The zero-order valence-corrected chi connectivity index (χ0v) is 13.5. The van der Waals surface area contributed by atoms with E-state index in [0.717, 1.165) is 12.1 Å². The highest BCUT2D eigenvalue weighted by Crippen LogP contribution is 2.20. The van der Waals surface area contributed by atoms with Crippen molar-refractivity contribution in [2.45, 2.75) is 19.8 Å². The first-order valence-corrected chi connectivity index (χ1v) is 7.43. The Morgan fingerprint density at radius 3 is 2.64 bits per heavy atom. The predicted octanol–water partition coefficient (Wildman–Crippen LogP) is 1.95. The van der Waals surface area contributed by atoms with Gasteiger partial charge in [-0.2, -0.15) is 5.10 Å². The maximum Gasteiger partial charge on any atom is 0.265 e. The molecule has 1 saturated heterocycles. The second-order valence-electron chi connectivity index (χ2n) is 5.07. The average molecular weight is 323 g/mol. The number of hydrogen-bond acceptors (Lipinski definition) is 3. The fraction of sp³-hybridized carbons (Fsp3) is 0.400. The molecule has 0 aromatic carbocycles. The summed E-state index contributed by atoms with van der Waals surface area (Å²) in [4.78, 5) is 24.3. The maximum absolute atomic E-state index is 12.3. The van der Waals surface area contributed by atoms with Crippen molar-refractivity contribution in [2.24, 2.45) is 7.05 Å². The lowest BCUT2D eigenvalue weighted by atomic mass is 10.2. The highest BCUT2D eigenvalue weighted by molar-refractivity contribution is 6.31. The van der Waals surface area contributed by atoms with Crippen LogP contribution in [-0.2, 0) is 16.6 Å². The Balaban J connectivity index is 2.12. The molecule has 2 rings (SSSR count). The summed E-state index contributed by atoms with van der Waals surface area (Å²) in [6.45, 7) is 6.46. The van der Waals surface area contributed by atoms with Crippen LogP contribution in [0.25, 0.3) is 6.08 Å². The minimum absolute atomic E-state index is 0.121. The summed E-state index contributed by atoms with van der Waals surface area (Å²) < 4.78 is 1.55. The van der Waals surface area contributed by atoms with Crippen molar-refractivity contribution in [1.82, 2.24) is 19.8 Å². The van der Waals surface area contributed by atoms with Crippen molar-refractivity contribution in [3.8, 4) is 0 Å². The van der Waals surface area contributed by atoms with Crippen molar-refractivity contribution in [3.05, 3.63) is 35.1 Å². The lowest BCUT2D eigenvalue weighted by Gasteiger charge is -2.26. The van der Waals surface area contributed by atoms with Gasteiger partial charge in [0.15, 0.2) is 0 Å². The lowest BCUT2D eigenvalue weighted by molar-refractivity contribution is -0.154. The van der Waals surface area contributed by atoms with Crippen molar-refractivity contribution < 1.29 is 9.59 Å². The maximum atomic E-state index is 12.3. The van der Waals surface area contributed by atoms with E-state index in [1.165, 1.54) is 22.2 Å². The van der Waals surface area contributed by atoms with Gasteiger partial charge >= 0.3 is 0 Å². The number of carbonyl (C=O) groups excluding carboxylic acids is 2. The molecule has 0 saturated carbocycles. The topological polar surface area (TPSA) is 58.4 Å². The summed E-state index contributed by atoms with van der Waals surface area (Å²) in [7, 11) is 1.74. The molecule has 0 bridgehead atoms. The van der Waals surface area contributed by atoms with Crippen LogP contribution < -0.4 is 0 Å². The molecule has 0 aliphatic carbocycles. The molecule has 2 heterocycles. The number of hydrogen-bond donors (Lipinski definition) is 0. The summed E-state index contributed by atoms with van der Waals surface area (Å²) in [5, 5.41) is 7.60. The van der Waals surface area contributed by atoms with Crippen LogP contribution in [0.1, 0.15) is 24.1 Å². The molecule has 0 atom stereocenters. The number of halogens is 1. The molecule has 1 aliphatic rings. The van der Waals surface area contributed by atoms with Crippen LogP contribution in [-0.4, -0.2) is 44.7 Å². The zero-order chi connectivity index (χ0) is 16.3. The molecule has 22 heavy (non-hydrogen) atoms. The first kappa shape index (κ1) is 16.3. The Labute approximate surface area is 134 Å². The van der Waals surface area contributed by atoms with E-state index in [2.05, 4.69) is 11.7 Å². The summed E-state index contributed by atoms with van der Waals surface area (Å²) in [5.74, 6) is -0.362. The van der Waals surface area contributed by atoms with Gasteiger partial charge in [0.2, 0.25) is 5.91 Å². The molecule has 0 radical (unpaired) electrons. The molecule has 0 unspecified atom stereocenters. The minimum Gasteiger partial charge on any atom is -0.273 e. The summed E-state index contributed by atoms with van der Waals surface area (Å²) in [6, 6.07) is 0. The number of nitrogens with zero attached hydrogens (tertiary/aromatic N) is 4. The lowest BCUT2D eigenvalue weighted by Crippen LogP contribution is -2.43. The van der Waals surface area contributed by atoms with Crippen molar-refractivity contribution in [3.63, 3.8) is 0 Å². The minimum atomic E-state index is -0.241. The van der Waals surface area contributed by atoms with Gasteiger partial charge in [-0.05, 0) is 19.4 Å². The molecule has 1 aromatic rings. The van der Waals surface area contributed by atoms with Gasteiger partial charge in [-0.1, -0.05) is 17.7 Å². The Kier molecular flexibility index (Phi) is 5.03. The molecule has 0 spiro atoms. The van der Waals surface area contributed by atoms with Gasteiger partial charge in [-0.25, -0.2) is 5.01 Å². The standard InChI is InChI=1S/C15H19ClN4O2/c1-4-6-13(21)19-9-5-10-20(19)14(22)8-7-12-11(2)17-18(3)15(12)16/h4,7-8H,1,5-6,9-10H2,2-3H3/b8-7+. The van der Waals surface area contributed by atoms with E-state index in [1.807, 2.05) is 6.92 Å². The summed E-state index contributed by atoms with van der Waals surface area (Å²) in [6.07, 6.45) is 5.60. The number of hydrazine groups is 1. The van der Waals surface area contributed by atoms with Crippen LogP contribution in [0.4, 0.5) is 0 Å². The van der Waals surface area contributed by atoms with Crippen molar-refractivity contribution in [1.29, 1.82) is 0 Å². The van der Waals surface area contributed by atoms with Crippen LogP contribution in [0, 0.1) is 6.92 Å². The van der Waals surface area contributed by atoms with Crippen LogP contribution in [0.5, 0.6) is 0 Å². The third-order valence-electron chi connectivity index (χ3n) is 3.48. The van der Waals surface area contributed by atoms with Gasteiger partial charge in [0.1, 0.15) is 5.15 Å². The van der Waals surface area contributed by atoms with Gasteiger partial charge in [-0.3, -0.25) is 19.3 Å². The fourth-order valence-corrected chi connectivity index (χ4v) is 2.64. The molecular weight excluding hydrogens is 304 g/mol. The highest BCUT2D eigenvalue weighted by atomic mass is 35.5. The van der Waals surface area contributed by atoms with Crippen LogP contribution in [0.2, 0.25) is 5.15 Å². The summed E-state index contributed by atoms with van der Waals surface area (Å²) >= 11 is 6.13. The van der Waals surface area contributed by atoms with Crippen LogP contribution in [0.3, 0.4) is 0 Å². The molecule has 1 aliphatic heterocycles. The Bertz CT molecular complexity index is 636. The Morgan fingerprint density at radius 2 is 2.05 bits per heavy atom. The van der Waals surface area contributed by atoms with E-state index in [1.54, 1.807) is 17.8 Å². The fourth-order valence-electron chi connectivity index (χ4n) is 2.41. The van der Waals surface area contributed by atoms with Crippen molar-refractivity contribution in [2.75, 3.05) is 13.1 Å². The molecule has 1 fully saturated rings. The van der Waals surface area contributed by atoms with Gasteiger partial charge in [0.25, 0.3) is 5.91 Å². The first-order valence-electron chi connectivity index (χ1n) is 7.05. The van der Waals surface area contributed by atoms with E-state index in [9.17, 15) is 9.59 Å². The second-order valence-corrected chi connectivity index (χ2v) is 5.43. The molecule has 7 heteroatoms. The number of aromatic nitrogens is 2. The summed E-state index contributed by atoms with van der Waals surface area (Å²) in [5.41, 5.74) is 1.46. The number of amides is 2.